The molecule has 1 aliphatic rings. The molecule has 1 rings (SSSR count). The molecule has 0 aromatic heterocycles. The second-order valence-electron chi connectivity index (χ2n) is 11.1. The molecule has 7 unspecified atom stereocenters. The third kappa shape index (κ3) is 8.35. The molecular weight excluding hydrogens is 312 g/mol. The number of hydrogen-bond acceptors (Lipinski definition) is 0. The first kappa shape index (κ1) is 24.0. The Hall–Kier alpha value is 0. The maximum absolute atomic E-state index is 2.62. The van der Waals surface area contributed by atoms with Gasteiger partial charge in [0.2, 0.25) is 0 Å². The lowest BCUT2D eigenvalue weighted by molar-refractivity contribution is 0.179. The van der Waals surface area contributed by atoms with E-state index in [1.807, 2.05) is 0 Å². The zero-order valence-corrected chi connectivity index (χ0v) is 19.9. The molecule has 0 nitrogen and oxygen atoms in total. The third-order valence-corrected chi connectivity index (χ3v) is 7.85. The van der Waals surface area contributed by atoms with Crippen LogP contribution in [0.15, 0.2) is 0 Å². The molecular formula is C26H52. The summed E-state index contributed by atoms with van der Waals surface area (Å²) in [4.78, 5) is 0. The predicted octanol–water partition coefficient (Wildman–Crippen LogP) is 8.85. The lowest BCUT2D eigenvalue weighted by Gasteiger charge is -2.32. The van der Waals surface area contributed by atoms with Crippen molar-refractivity contribution in [2.75, 3.05) is 0 Å². The molecule has 1 aliphatic carbocycles. The summed E-state index contributed by atoms with van der Waals surface area (Å²) < 4.78 is 0. The standard InChI is InChI=1S/C26H52/c1-10-11-20(6)13-15-25(21(7)14-12-18(2)3)23(9)26-17-24(26)16-22(8)19(4)5/h18-26H,10-17H2,1-9H3. The molecule has 7 atom stereocenters. The highest BCUT2D eigenvalue weighted by molar-refractivity contribution is 4.94. The molecule has 0 aromatic carbocycles. The first-order chi connectivity index (χ1) is 12.2. The Bertz CT molecular complexity index is 355. The monoisotopic (exact) mass is 364 g/mol. The quantitative estimate of drug-likeness (QED) is 0.289. The van der Waals surface area contributed by atoms with E-state index in [1.54, 1.807) is 0 Å². The van der Waals surface area contributed by atoms with Crippen LogP contribution < -0.4 is 0 Å². The van der Waals surface area contributed by atoms with Crippen LogP contribution in [0.1, 0.15) is 114 Å². The van der Waals surface area contributed by atoms with Crippen LogP contribution in [0.25, 0.3) is 0 Å². The van der Waals surface area contributed by atoms with Gasteiger partial charge in [0.05, 0.1) is 0 Å². The van der Waals surface area contributed by atoms with Gasteiger partial charge in [0, 0.05) is 0 Å². The van der Waals surface area contributed by atoms with Crippen LogP contribution in [0, 0.1) is 53.3 Å². The van der Waals surface area contributed by atoms with E-state index in [0.717, 1.165) is 53.3 Å². The number of hydrogen-bond donors (Lipinski definition) is 0. The smallest absolute Gasteiger partial charge is 0.0354 e. The Labute approximate surface area is 167 Å². The minimum absolute atomic E-state index is 0.849. The summed E-state index contributed by atoms with van der Waals surface area (Å²) in [6.45, 7) is 22.1. The highest BCUT2D eigenvalue weighted by atomic mass is 14.5. The van der Waals surface area contributed by atoms with Crippen molar-refractivity contribution in [1.82, 2.24) is 0 Å². The van der Waals surface area contributed by atoms with Crippen LogP contribution in [-0.2, 0) is 0 Å². The van der Waals surface area contributed by atoms with Crippen LogP contribution in [0.2, 0.25) is 0 Å². The first-order valence-corrected chi connectivity index (χ1v) is 12.2. The predicted molar refractivity (Wildman–Crippen MR) is 119 cm³/mol. The highest BCUT2D eigenvalue weighted by Gasteiger charge is 2.44. The van der Waals surface area contributed by atoms with Gasteiger partial charge in [0.25, 0.3) is 0 Å². The molecule has 0 N–H and O–H groups in total. The van der Waals surface area contributed by atoms with Crippen LogP contribution >= 0.6 is 0 Å². The Morgan fingerprint density at radius 3 is 1.92 bits per heavy atom. The molecule has 0 bridgehead atoms. The van der Waals surface area contributed by atoms with E-state index in [1.165, 1.54) is 51.4 Å². The Kier molecular flexibility index (Phi) is 10.9. The van der Waals surface area contributed by atoms with Gasteiger partial charge < -0.3 is 0 Å². The fourth-order valence-electron chi connectivity index (χ4n) is 5.24. The second kappa shape index (κ2) is 11.8. The van der Waals surface area contributed by atoms with Gasteiger partial charge >= 0.3 is 0 Å². The molecule has 0 amide bonds. The van der Waals surface area contributed by atoms with Gasteiger partial charge in [-0.05, 0) is 72.5 Å². The van der Waals surface area contributed by atoms with Crippen molar-refractivity contribution in [3.63, 3.8) is 0 Å². The van der Waals surface area contributed by atoms with Gasteiger partial charge in [0.15, 0.2) is 0 Å². The Morgan fingerprint density at radius 2 is 1.38 bits per heavy atom. The molecule has 0 heterocycles. The lowest BCUT2D eigenvalue weighted by atomic mass is 9.74. The van der Waals surface area contributed by atoms with Gasteiger partial charge in [-0.1, -0.05) is 94.4 Å². The largest absolute Gasteiger partial charge is 0.0654 e. The second-order valence-corrected chi connectivity index (χ2v) is 11.1. The van der Waals surface area contributed by atoms with Crippen molar-refractivity contribution in [2.24, 2.45) is 53.3 Å². The minimum Gasteiger partial charge on any atom is -0.0654 e. The molecule has 0 heteroatoms. The fraction of sp³-hybridized carbons (Fsp3) is 1.00. The van der Waals surface area contributed by atoms with Gasteiger partial charge in [-0.25, -0.2) is 0 Å². The summed E-state index contributed by atoms with van der Waals surface area (Å²) in [7, 11) is 0. The lowest BCUT2D eigenvalue weighted by Crippen LogP contribution is -2.23. The average molecular weight is 365 g/mol. The summed E-state index contributed by atoms with van der Waals surface area (Å²) in [6.07, 6.45) is 11.5. The SMILES string of the molecule is CCCC(C)CCC(C(C)CCC(C)C)C(C)C1CC1CC(C)C(C)C. The summed E-state index contributed by atoms with van der Waals surface area (Å²) in [6, 6.07) is 0. The van der Waals surface area contributed by atoms with E-state index < -0.39 is 0 Å². The van der Waals surface area contributed by atoms with E-state index in [-0.39, 0.29) is 0 Å². The van der Waals surface area contributed by atoms with Crippen LogP contribution in [-0.4, -0.2) is 0 Å². The van der Waals surface area contributed by atoms with Gasteiger partial charge in [-0.2, -0.15) is 0 Å². The highest BCUT2D eigenvalue weighted by Crippen LogP contribution is 2.53. The van der Waals surface area contributed by atoms with Gasteiger partial charge in [0.1, 0.15) is 0 Å². The van der Waals surface area contributed by atoms with Crippen LogP contribution in [0.5, 0.6) is 0 Å². The molecule has 0 aromatic rings. The minimum atomic E-state index is 0.849. The molecule has 0 aliphatic heterocycles. The average Bonchev–Trinajstić information content (AvgIpc) is 3.32. The summed E-state index contributed by atoms with van der Waals surface area (Å²) in [5.74, 6) is 8.40. The topological polar surface area (TPSA) is 0 Å². The number of rotatable bonds is 14. The van der Waals surface area contributed by atoms with Crippen LogP contribution in [0.3, 0.4) is 0 Å². The summed E-state index contributed by atoms with van der Waals surface area (Å²) in [5.41, 5.74) is 0. The van der Waals surface area contributed by atoms with E-state index in [0.29, 0.717) is 0 Å². The maximum Gasteiger partial charge on any atom is -0.0354 e. The van der Waals surface area contributed by atoms with E-state index in [4.69, 9.17) is 0 Å². The van der Waals surface area contributed by atoms with Crippen molar-refractivity contribution in [1.29, 1.82) is 0 Å². The first-order valence-electron chi connectivity index (χ1n) is 12.2. The molecule has 0 spiro atoms. The molecule has 1 saturated carbocycles. The van der Waals surface area contributed by atoms with Gasteiger partial charge in [-0.15, -0.1) is 0 Å². The molecule has 156 valence electrons. The molecule has 1 fully saturated rings. The van der Waals surface area contributed by atoms with Crippen molar-refractivity contribution >= 4 is 0 Å². The van der Waals surface area contributed by atoms with Crippen molar-refractivity contribution < 1.29 is 0 Å². The zero-order chi connectivity index (χ0) is 19.9. The van der Waals surface area contributed by atoms with Crippen molar-refractivity contribution in [3.8, 4) is 0 Å². The van der Waals surface area contributed by atoms with Crippen molar-refractivity contribution in [2.45, 2.75) is 114 Å². The Balaban J connectivity index is 2.62. The summed E-state index contributed by atoms with van der Waals surface area (Å²) >= 11 is 0. The van der Waals surface area contributed by atoms with E-state index >= 15 is 0 Å². The van der Waals surface area contributed by atoms with E-state index in [9.17, 15) is 0 Å². The van der Waals surface area contributed by atoms with E-state index in [2.05, 4.69) is 62.3 Å². The molecule has 0 radical (unpaired) electrons. The van der Waals surface area contributed by atoms with Crippen molar-refractivity contribution in [3.05, 3.63) is 0 Å². The maximum atomic E-state index is 2.62. The van der Waals surface area contributed by atoms with Gasteiger partial charge in [-0.3, -0.25) is 0 Å². The third-order valence-electron chi connectivity index (χ3n) is 7.85. The zero-order valence-electron chi connectivity index (χ0n) is 19.9. The molecule has 0 saturated heterocycles. The Morgan fingerprint density at radius 1 is 0.731 bits per heavy atom. The molecule has 26 heavy (non-hydrogen) atoms. The summed E-state index contributed by atoms with van der Waals surface area (Å²) in [5, 5.41) is 0. The fourth-order valence-corrected chi connectivity index (χ4v) is 5.24. The normalized spacial score (nSPS) is 26.0. The van der Waals surface area contributed by atoms with Crippen LogP contribution in [0.4, 0.5) is 0 Å².